The van der Waals surface area contributed by atoms with Crippen LogP contribution < -0.4 is 16.0 Å². The van der Waals surface area contributed by atoms with Crippen LogP contribution in [0.25, 0.3) is 20.7 Å². The van der Waals surface area contributed by atoms with Crippen molar-refractivity contribution in [2.45, 2.75) is 19.9 Å². The Morgan fingerprint density at radius 1 is 1.17 bits per heavy atom. The number of nitrogens with zero attached hydrogens (tertiary/aromatic N) is 4. The number of carbonyl (C=O) groups is 1. The third kappa shape index (κ3) is 3.20. The van der Waals surface area contributed by atoms with Gasteiger partial charge in [0, 0.05) is 24.7 Å². The molecule has 3 aromatic heterocycles. The van der Waals surface area contributed by atoms with Crippen LogP contribution >= 0.6 is 22.7 Å². The van der Waals surface area contributed by atoms with Gasteiger partial charge in [-0.25, -0.2) is 4.98 Å². The smallest absolute Gasteiger partial charge is 0.263 e. The molecule has 1 aliphatic rings. The number of hydrogen-bond acceptors (Lipinski definition) is 8. The molecular formula is C21H20N6OS2. The molecule has 0 saturated carbocycles. The van der Waals surface area contributed by atoms with E-state index in [-0.39, 0.29) is 11.9 Å². The molecule has 30 heavy (non-hydrogen) atoms. The van der Waals surface area contributed by atoms with E-state index in [2.05, 4.69) is 37.5 Å². The average molecular weight is 437 g/mol. The third-order valence-corrected chi connectivity index (χ3v) is 7.58. The van der Waals surface area contributed by atoms with E-state index in [0.717, 1.165) is 39.7 Å². The van der Waals surface area contributed by atoms with Crippen LogP contribution in [0.4, 0.5) is 10.8 Å². The average Bonchev–Trinajstić information content (AvgIpc) is 3.33. The monoisotopic (exact) mass is 436 g/mol. The van der Waals surface area contributed by atoms with Gasteiger partial charge in [0.1, 0.15) is 9.71 Å². The van der Waals surface area contributed by atoms with Crippen LogP contribution in [0.2, 0.25) is 0 Å². The van der Waals surface area contributed by atoms with Crippen LogP contribution in [0.15, 0.2) is 36.5 Å². The number of fused-ring (bicyclic) bond motifs is 1. The number of anilines is 2. The Hall–Kier alpha value is -3.04. The van der Waals surface area contributed by atoms with Crippen LogP contribution in [0, 0.1) is 13.8 Å². The highest BCUT2D eigenvalue weighted by molar-refractivity contribution is 7.21. The minimum Gasteiger partial charge on any atom is -0.397 e. The van der Waals surface area contributed by atoms with E-state index in [0.29, 0.717) is 15.4 Å². The number of amides is 1. The number of nitrogens with two attached hydrogens (primary N) is 1. The van der Waals surface area contributed by atoms with E-state index < -0.39 is 0 Å². The highest BCUT2D eigenvalue weighted by Gasteiger charge is 2.31. The first-order valence-electron chi connectivity index (χ1n) is 9.60. The maximum Gasteiger partial charge on any atom is 0.263 e. The normalized spacial score (nSPS) is 14.1. The Morgan fingerprint density at radius 2 is 1.93 bits per heavy atom. The van der Waals surface area contributed by atoms with Gasteiger partial charge in [-0.3, -0.25) is 4.79 Å². The first-order valence-corrected chi connectivity index (χ1v) is 11.2. The second-order valence-electron chi connectivity index (χ2n) is 7.38. The summed E-state index contributed by atoms with van der Waals surface area (Å²) >= 11 is 2.96. The molecule has 1 aliphatic heterocycles. The highest BCUT2D eigenvalue weighted by Crippen LogP contribution is 2.36. The van der Waals surface area contributed by atoms with Gasteiger partial charge in [0.05, 0.1) is 22.3 Å². The van der Waals surface area contributed by atoms with Crippen LogP contribution in [0.3, 0.4) is 0 Å². The van der Waals surface area contributed by atoms with Gasteiger partial charge < -0.3 is 16.0 Å². The summed E-state index contributed by atoms with van der Waals surface area (Å²) in [6.45, 7) is 5.31. The maximum atomic E-state index is 12.8. The Bertz CT molecular complexity index is 1240. The lowest BCUT2D eigenvalue weighted by Gasteiger charge is -2.39. The van der Waals surface area contributed by atoms with Crippen LogP contribution in [-0.4, -0.2) is 40.2 Å². The molecule has 0 radical (unpaired) electrons. The number of hydrogen-bond donors (Lipinski definition) is 2. The molecule has 1 aromatic carbocycles. The Kier molecular flexibility index (Phi) is 4.63. The van der Waals surface area contributed by atoms with E-state index in [4.69, 9.17) is 5.73 Å². The van der Waals surface area contributed by atoms with E-state index >= 15 is 0 Å². The maximum absolute atomic E-state index is 12.8. The van der Waals surface area contributed by atoms with Crippen molar-refractivity contribution in [3.63, 3.8) is 0 Å². The van der Waals surface area contributed by atoms with Crippen LogP contribution in [-0.2, 0) is 0 Å². The summed E-state index contributed by atoms with van der Waals surface area (Å²) in [5, 5.41) is 13.2. The number of benzene rings is 1. The predicted octanol–water partition coefficient (Wildman–Crippen LogP) is 3.63. The zero-order chi connectivity index (χ0) is 20.8. The van der Waals surface area contributed by atoms with E-state index in [9.17, 15) is 4.79 Å². The number of aromatic nitrogens is 3. The molecule has 0 atom stereocenters. The Labute approximate surface area is 181 Å². The molecule has 1 saturated heterocycles. The van der Waals surface area contributed by atoms with Gasteiger partial charge in [0.15, 0.2) is 5.13 Å². The minimum absolute atomic E-state index is 0.0695. The Morgan fingerprint density at radius 3 is 2.70 bits per heavy atom. The summed E-state index contributed by atoms with van der Waals surface area (Å²) in [5.41, 5.74) is 9.74. The molecule has 4 heterocycles. The molecule has 1 fully saturated rings. The largest absolute Gasteiger partial charge is 0.397 e. The van der Waals surface area contributed by atoms with Gasteiger partial charge in [0.2, 0.25) is 0 Å². The summed E-state index contributed by atoms with van der Waals surface area (Å²) < 4.78 is 0. The highest BCUT2D eigenvalue weighted by atomic mass is 32.1. The summed E-state index contributed by atoms with van der Waals surface area (Å²) in [6.07, 6.45) is 1.91. The number of aryl methyl sites for hydroxylation is 2. The molecule has 4 aromatic rings. The standard InChI is InChI=1S/C21H20N6OS2/c1-11-12(2)25-26-20-16(11)17(22)18(30-20)19(28)24-14-9-27(10-14)21-23-8-15(29-21)13-6-4-3-5-7-13/h3-8,14H,9-10,22H2,1-2H3,(H,24,28). The van der Waals surface area contributed by atoms with E-state index in [1.165, 1.54) is 16.9 Å². The van der Waals surface area contributed by atoms with Gasteiger partial charge >= 0.3 is 0 Å². The van der Waals surface area contributed by atoms with Crippen molar-refractivity contribution < 1.29 is 4.79 Å². The molecule has 5 rings (SSSR count). The van der Waals surface area contributed by atoms with Crippen molar-refractivity contribution in [3.05, 3.63) is 52.7 Å². The fourth-order valence-corrected chi connectivity index (χ4v) is 5.48. The zero-order valence-corrected chi connectivity index (χ0v) is 18.2. The van der Waals surface area contributed by atoms with Crippen molar-refractivity contribution in [2.24, 2.45) is 0 Å². The fourth-order valence-electron chi connectivity index (χ4n) is 3.53. The topological polar surface area (TPSA) is 97.0 Å². The van der Waals surface area contributed by atoms with Crippen LogP contribution in [0.1, 0.15) is 20.9 Å². The molecule has 0 bridgehead atoms. The zero-order valence-electron chi connectivity index (χ0n) is 16.5. The molecule has 152 valence electrons. The van der Waals surface area contributed by atoms with Gasteiger partial charge in [-0.1, -0.05) is 41.7 Å². The summed E-state index contributed by atoms with van der Waals surface area (Å²) in [4.78, 5) is 21.9. The molecule has 3 N–H and O–H groups in total. The molecule has 1 amide bonds. The molecule has 0 aliphatic carbocycles. The lowest BCUT2D eigenvalue weighted by atomic mass is 10.1. The number of thiazole rings is 1. The number of rotatable bonds is 4. The van der Waals surface area contributed by atoms with Gasteiger partial charge in [-0.15, -0.1) is 16.4 Å². The second-order valence-corrected chi connectivity index (χ2v) is 9.39. The van der Waals surface area contributed by atoms with Crippen LogP contribution in [0.5, 0.6) is 0 Å². The predicted molar refractivity (Wildman–Crippen MR) is 122 cm³/mol. The van der Waals surface area contributed by atoms with Crippen molar-refractivity contribution >= 4 is 49.6 Å². The number of nitrogens with one attached hydrogen (secondary N) is 1. The molecule has 9 heteroatoms. The van der Waals surface area contributed by atoms with Crippen molar-refractivity contribution in [1.82, 2.24) is 20.5 Å². The van der Waals surface area contributed by atoms with Crippen molar-refractivity contribution in [2.75, 3.05) is 23.7 Å². The van der Waals surface area contributed by atoms with Gasteiger partial charge in [0.25, 0.3) is 5.91 Å². The third-order valence-electron chi connectivity index (χ3n) is 5.38. The summed E-state index contributed by atoms with van der Waals surface area (Å²) in [6, 6.07) is 10.3. The summed E-state index contributed by atoms with van der Waals surface area (Å²) in [7, 11) is 0. The number of thiophene rings is 1. The number of carbonyl (C=O) groups excluding carboxylic acids is 1. The van der Waals surface area contributed by atoms with Crippen molar-refractivity contribution in [1.29, 1.82) is 0 Å². The second kappa shape index (κ2) is 7.33. The van der Waals surface area contributed by atoms with E-state index in [1.807, 2.05) is 38.2 Å². The van der Waals surface area contributed by atoms with Crippen molar-refractivity contribution in [3.8, 4) is 10.4 Å². The Balaban J connectivity index is 1.25. The first kappa shape index (κ1) is 19.0. The van der Waals surface area contributed by atoms with Gasteiger partial charge in [-0.05, 0) is 25.0 Å². The summed E-state index contributed by atoms with van der Waals surface area (Å²) in [5.74, 6) is -0.152. The SMILES string of the molecule is Cc1nnc2sc(C(=O)NC3CN(c4ncc(-c5ccccc5)s4)C3)c(N)c2c1C. The lowest BCUT2D eigenvalue weighted by Crippen LogP contribution is -2.59. The molecular weight excluding hydrogens is 416 g/mol. The number of nitrogen functional groups attached to an aromatic ring is 1. The quantitative estimate of drug-likeness (QED) is 0.507. The molecule has 0 spiro atoms. The minimum atomic E-state index is -0.152. The first-order chi connectivity index (χ1) is 14.5. The van der Waals surface area contributed by atoms with Gasteiger partial charge in [-0.2, -0.15) is 5.10 Å². The lowest BCUT2D eigenvalue weighted by molar-refractivity contribution is 0.0935. The fraction of sp³-hybridized carbons (Fsp3) is 0.238. The molecule has 0 unspecified atom stereocenters. The molecule has 7 nitrogen and oxygen atoms in total. The van der Waals surface area contributed by atoms with E-state index in [1.54, 1.807) is 11.3 Å².